The van der Waals surface area contributed by atoms with Gasteiger partial charge in [-0.3, -0.25) is 0 Å². The van der Waals surface area contributed by atoms with Crippen LogP contribution in [-0.4, -0.2) is 35.1 Å². The average molecular weight is 296 g/mol. The zero-order valence-corrected chi connectivity index (χ0v) is 9.74. The Kier molecular flexibility index (Phi) is 2.42. The Morgan fingerprint density at radius 3 is 2.92 bits per heavy atom. The molecule has 4 heteroatoms. The second kappa shape index (κ2) is 3.18. The van der Waals surface area contributed by atoms with Gasteiger partial charge in [0.2, 0.25) is 5.79 Å². The van der Waals surface area contributed by atoms with Crippen molar-refractivity contribution in [2.45, 2.75) is 24.4 Å². The molecule has 0 unspecified atom stereocenters. The molecule has 0 bridgehead atoms. The van der Waals surface area contributed by atoms with Crippen molar-refractivity contribution in [2.24, 2.45) is 0 Å². The third-order valence-electron chi connectivity index (χ3n) is 2.78. The molecule has 3 nitrogen and oxygen atoms in total. The fraction of sp³-hybridized carbons (Fsp3) is 0.778. The van der Waals surface area contributed by atoms with Crippen LogP contribution in [0.25, 0.3) is 0 Å². The van der Waals surface area contributed by atoms with Crippen LogP contribution in [0.4, 0.5) is 0 Å². The van der Waals surface area contributed by atoms with Crippen molar-refractivity contribution in [1.82, 2.24) is 0 Å². The van der Waals surface area contributed by atoms with Crippen LogP contribution in [0.1, 0.15) is 6.92 Å². The summed E-state index contributed by atoms with van der Waals surface area (Å²) in [5.74, 6) is -0.549. The first-order valence-electron chi connectivity index (χ1n) is 4.31. The Bertz CT molecular complexity index is 231. The van der Waals surface area contributed by atoms with Crippen LogP contribution in [0.3, 0.4) is 0 Å². The van der Waals surface area contributed by atoms with E-state index in [4.69, 9.17) is 14.2 Å². The topological polar surface area (TPSA) is 31.0 Å². The van der Waals surface area contributed by atoms with Gasteiger partial charge in [0.1, 0.15) is 11.7 Å². The molecular weight excluding hydrogens is 283 g/mol. The predicted molar refractivity (Wildman–Crippen MR) is 57.0 cm³/mol. The average Bonchev–Trinajstić information content (AvgIpc) is 2.73. The van der Waals surface area contributed by atoms with Gasteiger partial charge in [0.05, 0.1) is 17.6 Å². The molecule has 0 N–H and O–H groups in total. The molecule has 2 rings (SSSR count). The SMILES string of the molecule is C=CCO[C@]1(CI)OC[C@@H]2O[C@@]21C. The summed E-state index contributed by atoms with van der Waals surface area (Å²) in [6.45, 7) is 6.83. The molecule has 74 valence electrons. The molecule has 2 aliphatic rings. The van der Waals surface area contributed by atoms with E-state index in [1.54, 1.807) is 6.08 Å². The maximum Gasteiger partial charge on any atom is 0.209 e. The number of halogens is 1. The van der Waals surface area contributed by atoms with E-state index in [1.807, 2.05) is 6.92 Å². The Labute approximate surface area is 91.6 Å². The molecule has 0 spiro atoms. The lowest BCUT2D eigenvalue weighted by Crippen LogP contribution is -2.47. The molecule has 0 radical (unpaired) electrons. The molecule has 2 fully saturated rings. The first-order chi connectivity index (χ1) is 6.18. The summed E-state index contributed by atoms with van der Waals surface area (Å²) < 4.78 is 17.7. The van der Waals surface area contributed by atoms with Gasteiger partial charge >= 0.3 is 0 Å². The summed E-state index contributed by atoms with van der Waals surface area (Å²) in [5.41, 5.74) is -0.225. The molecule has 0 aliphatic carbocycles. The Morgan fingerprint density at radius 2 is 2.54 bits per heavy atom. The summed E-state index contributed by atoms with van der Waals surface area (Å²) in [6, 6.07) is 0. The molecule has 0 aromatic heterocycles. The molecule has 2 saturated heterocycles. The number of fused-ring (bicyclic) bond motifs is 1. The monoisotopic (exact) mass is 296 g/mol. The second-order valence-electron chi connectivity index (χ2n) is 3.51. The minimum atomic E-state index is -0.549. The van der Waals surface area contributed by atoms with Gasteiger partial charge in [-0.05, 0) is 6.92 Å². The molecular formula is C9H13IO3. The maximum atomic E-state index is 5.67. The zero-order valence-electron chi connectivity index (χ0n) is 7.59. The number of hydrogen-bond donors (Lipinski definition) is 0. The highest BCUT2D eigenvalue weighted by atomic mass is 127. The van der Waals surface area contributed by atoms with Crippen molar-refractivity contribution in [2.75, 3.05) is 17.6 Å². The number of epoxide rings is 1. The van der Waals surface area contributed by atoms with E-state index < -0.39 is 5.79 Å². The summed E-state index contributed by atoms with van der Waals surface area (Å²) in [4.78, 5) is 0. The van der Waals surface area contributed by atoms with E-state index in [-0.39, 0.29) is 11.7 Å². The van der Waals surface area contributed by atoms with E-state index in [9.17, 15) is 0 Å². The van der Waals surface area contributed by atoms with Gasteiger partial charge in [-0.25, -0.2) is 0 Å². The third kappa shape index (κ3) is 1.26. The van der Waals surface area contributed by atoms with Gasteiger partial charge in [-0.2, -0.15) is 0 Å². The first kappa shape index (κ1) is 9.89. The lowest BCUT2D eigenvalue weighted by atomic mass is 10.0. The summed E-state index contributed by atoms with van der Waals surface area (Å²) >= 11 is 2.27. The van der Waals surface area contributed by atoms with Crippen LogP contribution in [0.2, 0.25) is 0 Å². The van der Waals surface area contributed by atoms with Gasteiger partial charge in [0.15, 0.2) is 0 Å². The van der Waals surface area contributed by atoms with Crippen LogP contribution >= 0.6 is 22.6 Å². The molecule has 3 atom stereocenters. The highest BCUT2D eigenvalue weighted by molar-refractivity contribution is 14.1. The quantitative estimate of drug-likeness (QED) is 0.341. The van der Waals surface area contributed by atoms with Crippen molar-refractivity contribution < 1.29 is 14.2 Å². The van der Waals surface area contributed by atoms with Gasteiger partial charge in [-0.15, -0.1) is 6.58 Å². The van der Waals surface area contributed by atoms with Gasteiger partial charge in [0.25, 0.3) is 0 Å². The predicted octanol–water partition coefficient (Wildman–Crippen LogP) is 1.51. The summed E-state index contributed by atoms with van der Waals surface area (Å²) in [5, 5.41) is 0. The molecule has 2 heterocycles. The molecule has 2 aliphatic heterocycles. The van der Waals surface area contributed by atoms with Crippen LogP contribution in [0.15, 0.2) is 12.7 Å². The Morgan fingerprint density at radius 1 is 1.77 bits per heavy atom. The molecule has 13 heavy (non-hydrogen) atoms. The fourth-order valence-electron chi connectivity index (χ4n) is 1.73. The van der Waals surface area contributed by atoms with Crippen molar-refractivity contribution in [1.29, 1.82) is 0 Å². The first-order valence-corrected chi connectivity index (χ1v) is 5.84. The van der Waals surface area contributed by atoms with E-state index >= 15 is 0 Å². The summed E-state index contributed by atoms with van der Waals surface area (Å²) in [7, 11) is 0. The van der Waals surface area contributed by atoms with Crippen molar-refractivity contribution in [3.05, 3.63) is 12.7 Å². The Hall–Kier alpha value is 0.350. The number of ether oxygens (including phenoxy) is 3. The summed E-state index contributed by atoms with van der Waals surface area (Å²) in [6.07, 6.45) is 1.96. The van der Waals surface area contributed by atoms with E-state index in [1.165, 1.54) is 0 Å². The van der Waals surface area contributed by atoms with Crippen LogP contribution in [0.5, 0.6) is 0 Å². The van der Waals surface area contributed by atoms with Crippen LogP contribution in [-0.2, 0) is 14.2 Å². The standard InChI is InChI=1S/C9H13IO3/c1-3-4-11-9(6-10)8(2)7(13-8)5-12-9/h3,7H,1,4-6H2,2H3/t7-,8-,9+/m0/s1. The molecule has 0 saturated carbocycles. The smallest absolute Gasteiger partial charge is 0.209 e. The number of alkyl halides is 1. The Balaban J connectivity index is 2.10. The highest BCUT2D eigenvalue weighted by Crippen LogP contribution is 2.54. The van der Waals surface area contributed by atoms with Crippen molar-refractivity contribution >= 4 is 22.6 Å². The second-order valence-corrected chi connectivity index (χ2v) is 4.27. The van der Waals surface area contributed by atoms with Gasteiger partial charge in [-0.1, -0.05) is 28.7 Å². The lowest BCUT2D eigenvalue weighted by Gasteiger charge is -2.31. The van der Waals surface area contributed by atoms with E-state index in [2.05, 4.69) is 29.2 Å². The van der Waals surface area contributed by atoms with Crippen molar-refractivity contribution in [3.8, 4) is 0 Å². The largest absolute Gasteiger partial charge is 0.358 e. The van der Waals surface area contributed by atoms with E-state index in [0.29, 0.717) is 13.2 Å². The molecule has 0 aromatic rings. The van der Waals surface area contributed by atoms with Gasteiger partial charge in [0, 0.05) is 0 Å². The molecule has 0 aromatic carbocycles. The van der Waals surface area contributed by atoms with E-state index in [0.717, 1.165) is 4.43 Å². The van der Waals surface area contributed by atoms with Crippen LogP contribution in [0, 0.1) is 0 Å². The normalized spacial score (nSPS) is 47.4. The zero-order chi connectivity index (χ0) is 9.53. The lowest BCUT2D eigenvalue weighted by molar-refractivity contribution is -0.236. The molecule has 0 amide bonds. The minimum Gasteiger partial charge on any atom is -0.358 e. The highest BCUT2D eigenvalue weighted by Gasteiger charge is 2.72. The van der Waals surface area contributed by atoms with Gasteiger partial charge < -0.3 is 14.2 Å². The van der Waals surface area contributed by atoms with Crippen molar-refractivity contribution in [3.63, 3.8) is 0 Å². The number of rotatable bonds is 4. The number of hydrogen-bond acceptors (Lipinski definition) is 3. The minimum absolute atomic E-state index is 0.225. The van der Waals surface area contributed by atoms with Crippen LogP contribution < -0.4 is 0 Å². The third-order valence-corrected chi connectivity index (χ3v) is 3.78. The fourth-order valence-corrected chi connectivity index (χ4v) is 2.93. The maximum absolute atomic E-state index is 5.67.